The van der Waals surface area contributed by atoms with E-state index in [1.54, 1.807) is 44.3 Å². The van der Waals surface area contributed by atoms with E-state index in [9.17, 15) is 14.4 Å². The van der Waals surface area contributed by atoms with Crippen molar-refractivity contribution in [3.05, 3.63) is 10.6 Å². The molecule has 0 aromatic heterocycles. The minimum absolute atomic E-state index is 0.0690. The third-order valence-corrected chi connectivity index (χ3v) is 8.88. The van der Waals surface area contributed by atoms with Gasteiger partial charge in [-0.1, -0.05) is 18.7 Å². The van der Waals surface area contributed by atoms with E-state index in [1.807, 2.05) is 13.8 Å². The van der Waals surface area contributed by atoms with Crippen LogP contribution in [0.25, 0.3) is 0 Å². The number of nitrogens with zero attached hydrogens (tertiary/aromatic N) is 2. The number of amidine groups is 1. The van der Waals surface area contributed by atoms with Gasteiger partial charge in [0.25, 0.3) is 0 Å². The molecule has 194 valence electrons. The quantitative estimate of drug-likeness (QED) is 0.404. The first-order chi connectivity index (χ1) is 16.6. The van der Waals surface area contributed by atoms with Crippen LogP contribution in [0.3, 0.4) is 0 Å². The van der Waals surface area contributed by atoms with Gasteiger partial charge < -0.3 is 29.2 Å². The second-order valence-corrected chi connectivity index (χ2v) is 12.5. The summed E-state index contributed by atoms with van der Waals surface area (Å²) >= 11 is 3.40. The zero-order chi connectivity index (χ0) is 25.3. The summed E-state index contributed by atoms with van der Waals surface area (Å²) < 4.78 is 21.1. The van der Waals surface area contributed by atoms with Gasteiger partial charge in [0.1, 0.15) is 11.6 Å². The van der Waals surface area contributed by atoms with Gasteiger partial charge in [-0.3, -0.25) is 14.6 Å². The van der Waals surface area contributed by atoms with Crippen LogP contribution in [0.1, 0.15) is 34.6 Å². The number of thioether (sulfide) groups is 2. The minimum atomic E-state index is -0.701. The first-order valence-corrected chi connectivity index (χ1v) is 13.6. The van der Waals surface area contributed by atoms with E-state index in [-0.39, 0.29) is 36.1 Å². The van der Waals surface area contributed by atoms with Gasteiger partial charge in [0.15, 0.2) is 12.0 Å². The molecule has 4 heterocycles. The van der Waals surface area contributed by atoms with Gasteiger partial charge in [-0.05, 0) is 27.7 Å². The van der Waals surface area contributed by atoms with Gasteiger partial charge >= 0.3 is 17.9 Å². The van der Waals surface area contributed by atoms with Crippen LogP contribution in [0.5, 0.6) is 0 Å². The Labute approximate surface area is 213 Å². The van der Waals surface area contributed by atoms with Crippen molar-refractivity contribution in [3.8, 4) is 0 Å². The molecule has 4 aliphatic rings. The van der Waals surface area contributed by atoms with Crippen LogP contribution in [0.15, 0.2) is 15.6 Å². The maximum absolute atomic E-state index is 13.1. The predicted molar refractivity (Wildman–Crippen MR) is 132 cm³/mol. The van der Waals surface area contributed by atoms with Crippen molar-refractivity contribution in [1.29, 1.82) is 0 Å². The minimum Gasteiger partial charge on any atom is -0.438 e. The molecule has 0 radical (unpaired) electrons. The molecule has 35 heavy (non-hydrogen) atoms. The van der Waals surface area contributed by atoms with Crippen molar-refractivity contribution in [2.75, 3.05) is 39.0 Å². The molecule has 0 aromatic rings. The van der Waals surface area contributed by atoms with Crippen molar-refractivity contribution < 1.29 is 33.3 Å². The van der Waals surface area contributed by atoms with E-state index in [0.717, 1.165) is 35.5 Å². The molecule has 0 spiro atoms. The zero-order valence-corrected chi connectivity index (χ0v) is 22.3. The smallest absolute Gasteiger partial charge is 0.358 e. The lowest BCUT2D eigenvalue weighted by molar-refractivity contribution is -0.195. The molecule has 2 fully saturated rings. The Hall–Kier alpha value is -1.92. The van der Waals surface area contributed by atoms with Crippen molar-refractivity contribution >= 4 is 46.6 Å². The number of ether oxygens (including phenoxy) is 4. The van der Waals surface area contributed by atoms with Gasteiger partial charge in [0.2, 0.25) is 6.79 Å². The number of esters is 3. The monoisotopic (exact) mass is 527 g/mol. The van der Waals surface area contributed by atoms with Gasteiger partial charge in [-0.25, -0.2) is 4.79 Å². The fourth-order valence-electron chi connectivity index (χ4n) is 4.30. The molecule has 4 rings (SSSR count). The molecule has 0 bridgehead atoms. The van der Waals surface area contributed by atoms with Crippen molar-refractivity contribution in [2.24, 2.45) is 22.2 Å². The lowest BCUT2D eigenvalue weighted by Gasteiger charge is -2.40. The topological polar surface area (TPSA) is 116 Å². The van der Waals surface area contributed by atoms with Crippen LogP contribution in [-0.4, -0.2) is 84.3 Å². The lowest BCUT2D eigenvalue weighted by atomic mass is 9.87. The molecule has 0 amide bonds. The average Bonchev–Trinajstić information content (AvgIpc) is 3.38. The van der Waals surface area contributed by atoms with E-state index in [0.29, 0.717) is 5.70 Å². The SMILES string of the molecule is CC1OCOC(=O)C1C1NC(C(=O)OCOC(=O)C(C)(C)C)=C(SC2CN(C3=NCCS3)C2)C1C. The van der Waals surface area contributed by atoms with Crippen molar-refractivity contribution in [2.45, 2.75) is 52.0 Å². The molecule has 10 nitrogen and oxygen atoms in total. The third-order valence-electron chi connectivity index (χ3n) is 6.38. The van der Waals surface area contributed by atoms with E-state index in [4.69, 9.17) is 18.9 Å². The first kappa shape index (κ1) is 26.2. The molecule has 4 aliphatic heterocycles. The van der Waals surface area contributed by atoms with Crippen LogP contribution < -0.4 is 5.32 Å². The maximum Gasteiger partial charge on any atom is 0.358 e. The number of cyclic esters (lactones) is 1. The van der Waals surface area contributed by atoms with Crippen LogP contribution >= 0.6 is 23.5 Å². The number of carbonyl (C=O) groups excluding carboxylic acids is 3. The summed E-state index contributed by atoms with van der Waals surface area (Å²) in [7, 11) is 0. The molecular weight excluding hydrogens is 494 g/mol. The molecule has 12 heteroatoms. The van der Waals surface area contributed by atoms with E-state index in [1.165, 1.54) is 0 Å². The number of rotatable bonds is 6. The van der Waals surface area contributed by atoms with Gasteiger partial charge in [0, 0.05) is 41.0 Å². The van der Waals surface area contributed by atoms with Gasteiger partial charge in [-0.2, -0.15) is 0 Å². The molecule has 0 aliphatic carbocycles. The highest BCUT2D eigenvalue weighted by molar-refractivity contribution is 8.14. The van der Waals surface area contributed by atoms with E-state index >= 15 is 0 Å². The number of likely N-dealkylation sites (tertiary alicyclic amines) is 1. The Morgan fingerprint density at radius 2 is 2.00 bits per heavy atom. The molecular formula is C23H33N3O7S2. The summed E-state index contributed by atoms with van der Waals surface area (Å²) in [6, 6.07) is -0.383. The van der Waals surface area contributed by atoms with Crippen LogP contribution in [-0.2, 0) is 33.3 Å². The number of nitrogens with one attached hydrogen (secondary N) is 1. The van der Waals surface area contributed by atoms with Crippen molar-refractivity contribution in [1.82, 2.24) is 10.2 Å². The second-order valence-electron chi connectivity index (χ2n) is 10.1. The Kier molecular flexibility index (Phi) is 7.92. The highest BCUT2D eigenvalue weighted by atomic mass is 32.2. The van der Waals surface area contributed by atoms with E-state index < -0.39 is 30.1 Å². The van der Waals surface area contributed by atoms with Crippen LogP contribution in [0, 0.1) is 17.3 Å². The predicted octanol–water partition coefficient (Wildman–Crippen LogP) is 1.95. The second kappa shape index (κ2) is 10.6. The summed E-state index contributed by atoms with van der Waals surface area (Å²) in [5, 5.41) is 4.60. The molecule has 0 saturated carbocycles. The molecule has 4 atom stereocenters. The Morgan fingerprint density at radius 1 is 1.26 bits per heavy atom. The van der Waals surface area contributed by atoms with Gasteiger partial charge in [0.05, 0.1) is 18.1 Å². The van der Waals surface area contributed by atoms with E-state index in [2.05, 4.69) is 15.2 Å². The third kappa shape index (κ3) is 5.75. The largest absolute Gasteiger partial charge is 0.438 e. The first-order valence-electron chi connectivity index (χ1n) is 11.8. The maximum atomic E-state index is 13.1. The van der Waals surface area contributed by atoms with Crippen LogP contribution in [0.2, 0.25) is 0 Å². The summed E-state index contributed by atoms with van der Waals surface area (Å²) in [6.07, 6.45) is -0.359. The Balaban J connectivity index is 1.45. The highest BCUT2D eigenvalue weighted by Gasteiger charge is 2.48. The van der Waals surface area contributed by atoms with Crippen LogP contribution in [0.4, 0.5) is 0 Å². The fraction of sp³-hybridized carbons (Fsp3) is 0.739. The lowest BCUT2D eigenvalue weighted by Crippen LogP contribution is -2.51. The zero-order valence-electron chi connectivity index (χ0n) is 20.7. The summed E-state index contributed by atoms with van der Waals surface area (Å²) in [5.41, 5.74) is -0.399. The molecule has 1 N–H and O–H groups in total. The normalized spacial score (nSPS) is 29.3. The summed E-state index contributed by atoms with van der Waals surface area (Å²) in [5.74, 6) is -1.12. The number of hydrogen-bond donors (Lipinski definition) is 1. The van der Waals surface area contributed by atoms with Crippen molar-refractivity contribution in [3.63, 3.8) is 0 Å². The Morgan fingerprint density at radius 3 is 2.63 bits per heavy atom. The summed E-state index contributed by atoms with van der Waals surface area (Å²) in [6.45, 7) is 11.0. The molecule has 4 unspecified atom stereocenters. The Bertz CT molecular complexity index is 927. The summed E-state index contributed by atoms with van der Waals surface area (Å²) in [4.78, 5) is 45.3. The molecule has 0 aromatic carbocycles. The average molecular weight is 528 g/mol. The standard InChI is InChI=1S/C23H33N3O7S2/c1-12-16(15-13(2)30-10-31-19(15)27)25-17(20(28)32-11-33-21(29)23(3,4)5)18(12)35-14-8-26(9-14)22-24-6-7-34-22/h12-16,25H,6-11H2,1-5H3. The molecule has 2 saturated heterocycles. The fourth-order valence-corrected chi connectivity index (χ4v) is 6.67. The highest BCUT2D eigenvalue weighted by Crippen LogP contribution is 2.43. The van der Waals surface area contributed by atoms with Gasteiger partial charge in [-0.15, -0.1) is 11.8 Å². The number of hydrogen-bond acceptors (Lipinski definition) is 12. The number of aliphatic imine (C=N–C) groups is 1. The number of carbonyl (C=O) groups is 3.